The van der Waals surface area contributed by atoms with Crippen LogP contribution in [0, 0.1) is 11.6 Å². The van der Waals surface area contributed by atoms with Crippen molar-refractivity contribution >= 4 is 33.0 Å². The minimum absolute atomic E-state index is 0.0965. The van der Waals surface area contributed by atoms with E-state index in [-0.39, 0.29) is 14.8 Å². The molecular weight excluding hydrogens is 382 g/mol. The molecule has 1 aliphatic rings. The lowest BCUT2D eigenvalue weighted by Crippen LogP contribution is -2.31. The van der Waals surface area contributed by atoms with Crippen molar-refractivity contribution in [3.63, 3.8) is 0 Å². The molecule has 0 atom stereocenters. The highest BCUT2D eigenvalue weighted by Crippen LogP contribution is 2.27. The molecule has 0 saturated carbocycles. The zero-order chi connectivity index (χ0) is 18.7. The summed E-state index contributed by atoms with van der Waals surface area (Å²) in [5.74, 6) is -2.65. The van der Waals surface area contributed by atoms with Crippen molar-refractivity contribution in [1.82, 2.24) is 4.31 Å². The van der Waals surface area contributed by atoms with Crippen LogP contribution in [0.4, 0.5) is 14.5 Å². The highest BCUT2D eigenvalue weighted by molar-refractivity contribution is 7.91. The van der Waals surface area contributed by atoms with Gasteiger partial charge in [-0.3, -0.25) is 4.79 Å². The van der Waals surface area contributed by atoms with Gasteiger partial charge in [-0.2, -0.15) is 4.31 Å². The average Bonchev–Trinajstić information content (AvgIpc) is 2.95. The molecule has 1 fully saturated rings. The van der Waals surface area contributed by atoms with E-state index in [1.807, 2.05) is 0 Å². The number of carbonyl (C=O) groups is 1. The lowest BCUT2D eigenvalue weighted by Gasteiger charge is -2.18. The summed E-state index contributed by atoms with van der Waals surface area (Å²) >= 11 is 0.865. The minimum atomic E-state index is -3.62. The Labute approximate surface area is 154 Å². The number of anilines is 1. The van der Waals surface area contributed by atoms with Gasteiger partial charge in [0.05, 0.1) is 4.88 Å². The summed E-state index contributed by atoms with van der Waals surface area (Å²) < 4.78 is 53.2. The van der Waals surface area contributed by atoms with Gasteiger partial charge in [0, 0.05) is 24.8 Å². The summed E-state index contributed by atoms with van der Waals surface area (Å²) in [4.78, 5) is 12.4. The maximum atomic E-state index is 13.2. The van der Waals surface area contributed by atoms with Gasteiger partial charge in [-0.25, -0.2) is 17.2 Å². The van der Waals surface area contributed by atoms with Crippen LogP contribution in [0.3, 0.4) is 0 Å². The Balaban J connectivity index is 1.75. The van der Waals surface area contributed by atoms with Crippen molar-refractivity contribution < 1.29 is 22.0 Å². The Morgan fingerprint density at radius 2 is 1.69 bits per heavy atom. The third-order valence-electron chi connectivity index (χ3n) is 4.14. The van der Waals surface area contributed by atoms with E-state index in [9.17, 15) is 22.0 Å². The largest absolute Gasteiger partial charge is 0.321 e. The fourth-order valence-electron chi connectivity index (χ4n) is 2.76. The Morgan fingerprint density at radius 1 is 1.00 bits per heavy atom. The SMILES string of the molecule is O=C(Nc1ccc(F)c(F)c1)c1ccc(S(=O)(=O)N2CCCCCC2)s1. The number of benzene rings is 1. The molecule has 0 bridgehead atoms. The van der Waals surface area contributed by atoms with Crippen LogP contribution in [0.15, 0.2) is 34.5 Å². The Bertz CT molecular complexity index is 904. The van der Waals surface area contributed by atoms with E-state index < -0.39 is 27.6 Å². The number of nitrogens with one attached hydrogen (secondary N) is 1. The van der Waals surface area contributed by atoms with Crippen LogP contribution in [-0.2, 0) is 10.0 Å². The Morgan fingerprint density at radius 3 is 2.35 bits per heavy atom. The van der Waals surface area contributed by atoms with Gasteiger partial charge in [-0.15, -0.1) is 11.3 Å². The quantitative estimate of drug-likeness (QED) is 0.848. The molecule has 26 heavy (non-hydrogen) atoms. The number of hydrogen-bond acceptors (Lipinski definition) is 4. The fourth-order valence-corrected chi connectivity index (χ4v) is 5.63. The van der Waals surface area contributed by atoms with Gasteiger partial charge >= 0.3 is 0 Å². The first-order valence-electron chi connectivity index (χ1n) is 8.24. The van der Waals surface area contributed by atoms with Crippen LogP contribution >= 0.6 is 11.3 Å². The van der Waals surface area contributed by atoms with Gasteiger partial charge in [0.15, 0.2) is 11.6 Å². The lowest BCUT2D eigenvalue weighted by molar-refractivity contribution is 0.103. The molecule has 1 N–H and O–H groups in total. The van der Waals surface area contributed by atoms with E-state index in [4.69, 9.17) is 0 Å². The summed E-state index contributed by atoms with van der Waals surface area (Å²) in [6.45, 7) is 0.966. The molecule has 140 valence electrons. The van der Waals surface area contributed by atoms with Crippen molar-refractivity contribution in [2.75, 3.05) is 18.4 Å². The van der Waals surface area contributed by atoms with E-state index in [1.165, 1.54) is 22.5 Å². The third-order valence-corrected chi connectivity index (χ3v) is 7.59. The molecule has 1 aromatic carbocycles. The molecule has 2 aromatic rings. The predicted octanol–water partition coefficient (Wildman–Crippen LogP) is 3.84. The summed E-state index contributed by atoms with van der Waals surface area (Å²) in [7, 11) is -3.62. The normalized spacial score (nSPS) is 16.2. The highest BCUT2D eigenvalue weighted by Gasteiger charge is 2.27. The monoisotopic (exact) mass is 400 g/mol. The molecule has 1 aromatic heterocycles. The first-order valence-corrected chi connectivity index (χ1v) is 10.5. The van der Waals surface area contributed by atoms with Gasteiger partial charge in [0.2, 0.25) is 0 Å². The number of halogens is 2. The zero-order valence-electron chi connectivity index (χ0n) is 13.9. The molecule has 0 spiro atoms. The number of rotatable bonds is 4. The lowest BCUT2D eigenvalue weighted by atomic mass is 10.2. The smallest absolute Gasteiger partial charge is 0.265 e. The zero-order valence-corrected chi connectivity index (χ0v) is 15.5. The summed E-state index contributed by atoms with van der Waals surface area (Å²) in [5.41, 5.74) is 0.0965. The second kappa shape index (κ2) is 7.81. The minimum Gasteiger partial charge on any atom is -0.321 e. The molecular formula is C17H18F2N2O3S2. The number of amides is 1. The summed E-state index contributed by atoms with van der Waals surface area (Å²) in [5, 5.41) is 2.44. The van der Waals surface area contributed by atoms with Crippen LogP contribution in [-0.4, -0.2) is 31.7 Å². The Hall–Kier alpha value is -1.84. The van der Waals surface area contributed by atoms with Crippen LogP contribution < -0.4 is 5.32 Å². The van der Waals surface area contributed by atoms with E-state index in [2.05, 4.69) is 5.32 Å². The van der Waals surface area contributed by atoms with E-state index in [0.717, 1.165) is 49.2 Å². The number of thiophene rings is 1. The summed E-state index contributed by atoms with van der Waals surface area (Å²) in [6.07, 6.45) is 3.68. The van der Waals surface area contributed by atoms with Crippen LogP contribution in [0.2, 0.25) is 0 Å². The van der Waals surface area contributed by atoms with Crippen molar-refractivity contribution in [1.29, 1.82) is 0 Å². The maximum Gasteiger partial charge on any atom is 0.265 e. The molecule has 1 saturated heterocycles. The molecule has 1 aliphatic heterocycles. The Kier molecular flexibility index (Phi) is 5.69. The summed E-state index contributed by atoms with van der Waals surface area (Å²) in [6, 6.07) is 5.85. The highest BCUT2D eigenvalue weighted by atomic mass is 32.2. The van der Waals surface area contributed by atoms with Crippen molar-refractivity contribution in [2.45, 2.75) is 29.9 Å². The molecule has 2 heterocycles. The molecule has 0 radical (unpaired) electrons. The third kappa shape index (κ3) is 4.11. The first-order chi connectivity index (χ1) is 12.4. The topological polar surface area (TPSA) is 66.5 Å². The van der Waals surface area contributed by atoms with Crippen LogP contribution in [0.25, 0.3) is 0 Å². The second-order valence-electron chi connectivity index (χ2n) is 6.02. The maximum absolute atomic E-state index is 13.2. The van der Waals surface area contributed by atoms with Gasteiger partial charge in [-0.1, -0.05) is 12.8 Å². The first kappa shape index (κ1) is 18.9. The molecule has 1 amide bonds. The van der Waals surface area contributed by atoms with Crippen molar-refractivity contribution in [3.05, 3.63) is 46.8 Å². The number of nitrogens with zero attached hydrogens (tertiary/aromatic N) is 1. The van der Waals surface area contributed by atoms with Gasteiger partial charge in [0.25, 0.3) is 15.9 Å². The van der Waals surface area contributed by atoms with Crippen molar-refractivity contribution in [3.8, 4) is 0 Å². The molecule has 5 nitrogen and oxygen atoms in total. The molecule has 3 rings (SSSR count). The average molecular weight is 400 g/mol. The standard InChI is InChI=1S/C17H18F2N2O3S2/c18-13-6-5-12(11-14(13)19)20-17(22)15-7-8-16(25-15)26(23,24)21-9-3-1-2-4-10-21/h5-8,11H,1-4,9-10H2,(H,20,22). The molecule has 0 unspecified atom stereocenters. The second-order valence-corrected chi connectivity index (χ2v) is 9.27. The number of carbonyl (C=O) groups excluding carboxylic acids is 1. The van der Waals surface area contributed by atoms with E-state index in [0.29, 0.717) is 13.1 Å². The predicted molar refractivity (Wildman–Crippen MR) is 95.9 cm³/mol. The number of hydrogen-bond donors (Lipinski definition) is 1. The number of sulfonamides is 1. The van der Waals surface area contributed by atoms with Gasteiger partial charge in [-0.05, 0) is 37.1 Å². The van der Waals surface area contributed by atoms with E-state index in [1.54, 1.807) is 0 Å². The van der Waals surface area contributed by atoms with E-state index >= 15 is 0 Å². The molecule has 9 heteroatoms. The van der Waals surface area contributed by atoms with Crippen LogP contribution in [0.5, 0.6) is 0 Å². The van der Waals surface area contributed by atoms with Crippen molar-refractivity contribution in [2.24, 2.45) is 0 Å². The van der Waals surface area contributed by atoms with Crippen LogP contribution in [0.1, 0.15) is 35.4 Å². The van der Waals surface area contributed by atoms with Gasteiger partial charge in [0.1, 0.15) is 4.21 Å². The fraction of sp³-hybridized carbons (Fsp3) is 0.353. The molecule has 0 aliphatic carbocycles. The van der Waals surface area contributed by atoms with Gasteiger partial charge < -0.3 is 5.32 Å².